The molecule has 162 valence electrons. The van der Waals surface area contributed by atoms with E-state index in [4.69, 9.17) is 4.74 Å². The molecule has 1 N–H and O–H groups in total. The molecule has 1 fully saturated rings. The highest BCUT2D eigenvalue weighted by atomic mass is 19.3. The fourth-order valence-corrected chi connectivity index (χ4v) is 3.83. The first-order valence-corrected chi connectivity index (χ1v) is 10.2. The highest BCUT2D eigenvalue weighted by molar-refractivity contribution is 6.00. The average Bonchev–Trinajstić information content (AvgIpc) is 3.35. The summed E-state index contributed by atoms with van der Waals surface area (Å²) in [6.07, 6.45) is -0.496. The maximum Gasteiger partial charge on any atom is 0.287 e. The van der Waals surface area contributed by atoms with Gasteiger partial charge in [-0.2, -0.15) is 15.4 Å². The second-order valence-electron chi connectivity index (χ2n) is 7.61. The zero-order chi connectivity index (χ0) is 22.1. The van der Waals surface area contributed by atoms with E-state index < -0.39 is 18.4 Å². The molecule has 1 amide bonds. The molecule has 9 heteroatoms. The van der Waals surface area contributed by atoms with Crippen molar-refractivity contribution >= 4 is 16.8 Å². The first-order chi connectivity index (χ1) is 15.5. The first-order valence-electron chi connectivity index (χ1n) is 10.2. The summed E-state index contributed by atoms with van der Waals surface area (Å²) in [5.74, 6) is -3.35. The summed E-state index contributed by atoms with van der Waals surface area (Å²) in [7, 11) is 0. The molecular formula is C23H19F2N5O2. The summed E-state index contributed by atoms with van der Waals surface area (Å²) in [6.45, 7) is -0.336. The van der Waals surface area contributed by atoms with Crippen LogP contribution in [0.4, 0.5) is 8.78 Å². The number of aromatic amines is 1. The van der Waals surface area contributed by atoms with E-state index in [0.717, 1.165) is 5.39 Å². The van der Waals surface area contributed by atoms with Crippen molar-refractivity contribution in [1.82, 2.24) is 25.3 Å². The van der Waals surface area contributed by atoms with Gasteiger partial charge in [-0.05, 0) is 18.2 Å². The molecule has 4 aromatic rings. The molecule has 1 unspecified atom stereocenters. The van der Waals surface area contributed by atoms with Gasteiger partial charge in [0.1, 0.15) is 5.69 Å². The van der Waals surface area contributed by atoms with Gasteiger partial charge in [0.2, 0.25) is 5.88 Å². The van der Waals surface area contributed by atoms with Crippen LogP contribution in [-0.2, 0) is 0 Å². The quantitative estimate of drug-likeness (QED) is 0.525. The lowest BCUT2D eigenvalue weighted by atomic mass is 9.99. The predicted molar refractivity (Wildman–Crippen MR) is 113 cm³/mol. The number of piperidine rings is 1. The summed E-state index contributed by atoms with van der Waals surface area (Å²) >= 11 is 0. The van der Waals surface area contributed by atoms with E-state index in [9.17, 15) is 13.6 Å². The Morgan fingerprint density at radius 1 is 1.09 bits per heavy atom. The third-order valence-corrected chi connectivity index (χ3v) is 5.54. The van der Waals surface area contributed by atoms with Gasteiger partial charge in [0.05, 0.1) is 18.3 Å². The van der Waals surface area contributed by atoms with Crippen LogP contribution in [0, 0.1) is 0 Å². The predicted octanol–water partition coefficient (Wildman–Crippen LogP) is 3.95. The number of hydrogen-bond acceptors (Lipinski definition) is 5. The number of benzene rings is 2. The molecular weight excluding hydrogens is 416 g/mol. The molecule has 0 bridgehead atoms. The Morgan fingerprint density at radius 2 is 1.91 bits per heavy atom. The zero-order valence-electron chi connectivity index (χ0n) is 16.9. The highest BCUT2D eigenvalue weighted by Crippen LogP contribution is 2.33. The van der Waals surface area contributed by atoms with Gasteiger partial charge in [0.25, 0.3) is 11.8 Å². The van der Waals surface area contributed by atoms with Crippen LogP contribution in [0.3, 0.4) is 0 Å². The molecule has 2 aromatic heterocycles. The van der Waals surface area contributed by atoms with Crippen LogP contribution in [-0.4, -0.2) is 56.3 Å². The molecule has 0 saturated carbocycles. The molecule has 5 rings (SSSR count). The number of fused-ring (bicyclic) bond motifs is 1. The van der Waals surface area contributed by atoms with Crippen molar-refractivity contribution in [1.29, 1.82) is 0 Å². The second kappa shape index (κ2) is 7.99. The standard InChI is InChI=1S/C23H19F2N5O2/c24-23(25)11-12-30(22(31)17-7-3-2-6-16(17)19-13-26-29-28-19)14-20(23)32-21-10-9-15-5-1-4-8-18(15)27-21/h1-10,13,20H,11-12,14H2,(H,26,28,29). The molecule has 0 aliphatic carbocycles. The van der Waals surface area contributed by atoms with E-state index in [1.165, 1.54) is 11.1 Å². The van der Waals surface area contributed by atoms with E-state index >= 15 is 0 Å². The number of amides is 1. The number of halogens is 2. The molecule has 1 atom stereocenters. The lowest BCUT2D eigenvalue weighted by molar-refractivity contribution is -0.131. The minimum absolute atomic E-state index is 0.0794. The molecule has 0 spiro atoms. The Kier molecular flexibility index (Phi) is 5.01. The zero-order valence-corrected chi connectivity index (χ0v) is 16.9. The van der Waals surface area contributed by atoms with Crippen molar-refractivity contribution in [3.05, 3.63) is 72.4 Å². The fraction of sp³-hybridized carbons (Fsp3) is 0.217. The average molecular weight is 435 g/mol. The lowest BCUT2D eigenvalue weighted by Crippen LogP contribution is -2.55. The van der Waals surface area contributed by atoms with Crippen molar-refractivity contribution in [3.63, 3.8) is 0 Å². The van der Waals surface area contributed by atoms with Crippen molar-refractivity contribution in [2.45, 2.75) is 18.4 Å². The summed E-state index contributed by atoms with van der Waals surface area (Å²) in [6, 6.07) is 17.6. The number of para-hydroxylation sites is 1. The first kappa shape index (κ1) is 20.0. The van der Waals surface area contributed by atoms with E-state index in [1.807, 2.05) is 18.2 Å². The van der Waals surface area contributed by atoms with Crippen LogP contribution in [0.1, 0.15) is 16.8 Å². The number of carbonyl (C=O) groups excluding carboxylic acids is 1. The van der Waals surface area contributed by atoms with Gasteiger partial charge < -0.3 is 9.64 Å². The van der Waals surface area contributed by atoms with Crippen molar-refractivity contribution in [3.8, 4) is 17.1 Å². The minimum Gasteiger partial charge on any atom is -0.466 e. The van der Waals surface area contributed by atoms with Gasteiger partial charge in [-0.1, -0.05) is 36.4 Å². The third-order valence-electron chi connectivity index (χ3n) is 5.54. The molecule has 32 heavy (non-hydrogen) atoms. The molecule has 3 heterocycles. The van der Waals surface area contributed by atoms with Crippen LogP contribution in [0.15, 0.2) is 66.9 Å². The number of nitrogens with zero attached hydrogens (tertiary/aromatic N) is 4. The van der Waals surface area contributed by atoms with Crippen LogP contribution in [0.25, 0.3) is 22.2 Å². The van der Waals surface area contributed by atoms with Gasteiger partial charge in [-0.25, -0.2) is 13.8 Å². The molecule has 1 saturated heterocycles. The van der Waals surface area contributed by atoms with Gasteiger partial charge in [0, 0.05) is 35.5 Å². The van der Waals surface area contributed by atoms with Gasteiger partial charge in [-0.15, -0.1) is 0 Å². The summed E-state index contributed by atoms with van der Waals surface area (Å²) in [4.78, 5) is 19.0. The topological polar surface area (TPSA) is 84.0 Å². The number of pyridine rings is 1. The number of hydrogen-bond donors (Lipinski definition) is 1. The summed E-state index contributed by atoms with van der Waals surface area (Å²) in [5.41, 5.74) is 2.11. The summed E-state index contributed by atoms with van der Waals surface area (Å²) < 4.78 is 35.0. The second-order valence-corrected chi connectivity index (χ2v) is 7.61. The number of aromatic nitrogens is 4. The van der Waals surface area contributed by atoms with Gasteiger partial charge in [0.15, 0.2) is 6.10 Å². The van der Waals surface area contributed by atoms with Crippen LogP contribution < -0.4 is 4.74 Å². The van der Waals surface area contributed by atoms with Crippen LogP contribution in [0.5, 0.6) is 5.88 Å². The molecule has 1 aliphatic heterocycles. The summed E-state index contributed by atoms with van der Waals surface area (Å²) in [5, 5.41) is 11.2. The Balaban J connectivity index is 1.39. The Morgan fingerprint density at radius 3 is 2.75 bits per heavy atom. The maximum absolute atomic E-state index is 14.7. The third kappa shape index (κ3) is 3.77. The lowest BCUT2D eigenvalue weighted by Gasteiger charge is -2.38. The Bertz CT molecular complexity index is 1260. The minimum atomic E-state index is -3.09. The number of rotatable bonds is 4. The SMILES string of the molecule is O=C(c1ccccc1-c1cn[nH]n1)N1CCC(F)(F)C(Oc2ccc3ccccc3n2)C1. The normalized spacial score (nSPS) is 17.9. The van der Waals surface area contributed by atoms with E-state index in [2.05, 4.69) is 20.4 Å². The number of alkyl halides is 2. The van der Waals surface area contributed by atoms with Gasteiger partial charge >= 0.3 is 0 Å². The molecule has 0 radical (unpaired) electrons. The largest absolute Gasteiger partial charge is 0.466 e. The van der Waals surface area contributed by atoms with Crippen molar-refractivity contribution in [2.24, 2.45) is 0 Å². The fourth-order valence-electron chi connectivity index (χ4n) is 3.83. The molecule has 1 aliphatic rings. The molecule has 2 aromatic carbocycles. The van der Waals surface area contributed by atoms with Gasteiger partial charge in [-0.3, -0.25) is 4.79 Å². The molecule has 7 nitrogen and oxygen atoms in total. The number of likely N-dealkylation sites (tertiary alicyclic amines) is 1. The van der Waals surface area contributed by atoms with E-state index in [1.54, 1.807) is 42.5 Å². The number of carbonyl (C=O) groups is 1. The number of nitrogens with one attached hydrogen (secondary N) is 1. The van der Waals surface area contributed by atoms with E-state index in [0.29, 0.717) is 22.3 Å². The maximum atomic E-state index is 14.7. The van der Waals surface area contributed by atoms with Crippen molar-refractivity contribution < 1.29 is 18.3 Å². The Labute approximate surface area is 182 Å². The van der Waals surface area contributed by atoms with E-state index in [-0.39, 0.29) is 24.9 Å². The monoisotopic (exact) mass is 435 g/mol. The highest BCUT2D eigenvalue weighted by Gasteiger charge is 2.47. The van der Waals surface area contributed by atoms with Crippen LogP contribution >= 0.6 is 0 Å². The van der Waals surface area contributed by atoms with Crippen LogP contribution in [0.2, 0.25) is 0 Å². The Hall–Kier alpha value is -3.88. The van der Waals surface area contributed by atoms with Crippen molar-refractivity contribution in [2.75, 3.05) is 13.1 Å². The number of ether oxygens (including phenoxy) is 1. The smallest absolute Gasteiger partial charge is 0.287 e. The number of H-pyrrole nitrogens is 1.